The quantitative estimate of drug-likeness (QED) is 0.869. The number of nitrogens with two attached hydrogens (primary N) is 1. The van der Waals surface area contributed by atoms with Crippen molar-refractivity contribution in [3.05, 3.63) is 34.9 Å². The second kappa shape index (κ2) is 8.11. The third-order valence-electron chi connectivity index (χ3n) is 4.41. The van der Waals surface area contributed by atoms with Gasteiger partial charge in [-0.1, -0.05) is 17.7 Å². The Labute approximate surface area is 138 Å². The van der Waals surface area contributed by atoms with Crippen molar-refractivity contribution in [3.63, 3.8) is 0 Å². The molecule has 1 saturated heterocycles. The van der Waals surface area contributed by atoms with E-state index in [1.165, 1.54) is 0 Å². The minimum absolute atomic E-state index is 0.0445. The Morgan fingerprint density at radius 2 is 2.09 bits per heavy atom. The highest BCUT2D eigenvalue weighted by Crippen LogP contribution is 2.21. The number of nitrogens with one attached hydrogen (secondary N) is 1. The zero-order valence-electron chi connectivity index (χ0n) is 14.1. The number of nitrogens with zero attached hydrogens (tertiary/aromatic N) is 1. The molecule has 2 amide bonds. The highest BCUT2D eigenvalue weighted by molar-refractivity contribution is 5.96. The molecule has 0 aromatic heterocycles. The van der Waals surface area contributed by atoms with E-state index in [-0.39, 0.29) is 17.9 Å². The summed E-state index contributed by atoms with van der Waals surface area (Å²) in [4.78, 5) is 26.5. The highest BCUT2D eigenvalue weighted by Gasteiger charge is 2.28. The number of likely N-dealkylation sites (tertiary alicyclic amines) is 1. The van der Waals surface area contributed by atoms with Crippen molar-refractivity contribution in [2.45, 2.75) is 45.6 Å². The topological polar surface area (TPSA) is 75.4 Å². The Morgan fingerprint density at radius 1 is 1.30 bits per heavy atom. The molecule has 23 heavy (non-hydrogen) atoms. The zero-order valence-corrected chi connectivity index (χ0v) is 14.1. The van der Waals surface area contributed by atoms with Crippen molar-refractivity contribution < 1.29 is 9.59 Å². The van der Waals surface area contributed by atoms with Gasteiger partial charge in [-0.15, -0.1) is 0 Å². The summed E-state index contributed by atoms with van der Waals surface area (Å²) < 4.78 is 0. The van der Waals surface area contributed by atoms with Crippen LogP contribution in [-0.4, -0.2) is 42.4 Å². The van der Waals surface area contributed by atoms with E-state index in [4.69, 9.17) is 5.73 Å². The number of aryl methyl sites for hydroxylation is 2. The summed E-state index contributed by atoms with van der Waals surface area (Å²) in [5.74, 6) is 0.0252. The summed E-state index contributed by atoms with van der Waals surface area (Å²) in [5, 5.41) is 2.90. The second-order valence-electron chi connectivity index (χ2n) is 6.31. The number of hydrogen-bond acceptors (Lipinski definition) is 3. The molecular formula is C18H27N3O2. The highest BCUT2D eigenvalue weighted by atomic mass is 16.2. The van der Waals surface area contributed by atoms with Gasteiger partial charge in [-0.2, -0.15) is 0 Å². The Hall–Kier alpha value is -1.88. The van der Waals surface area contributed by atoms with E-state index in [0.717, 1.165) is 42.5 Å². The molecule has 1 fully saturated rings. The number of carbonyl (C=O) groups excluding carboxylic acids is 2. The molecule has 0 saturated carbocycles. The Morgan fingerprint density at radius 3 is 2.78 bits per heavy atom. The van der Waals surface area contributed by atoms with E-state index in [9.17, 15) is 9.59 Å². The molecule has 2 rings (SSSR count). The van der Waals surface area contributed by atoms with E-state index >= 15 is 0 Å². The van der Waals surface area contributed by atoms with Crippen LogP contribution in [0.4, 0.5) is 0 Å². The maximum atomic E-state index is 12.9. The minimum atomic E-state index is -0.0445. The number of benzene rings is 1. The number of hydrogen-bond donors (Lipinski definition) is 2. The number of carbonyl (C=O) groups is 2. The van der Waals surface area contributed by atoms with Gasteiger partial charge in [0, 0.05) is 37.7 Å². The molecule has 5 nitrogen and oxygen atoms in total. The van der Waals surface area contributed by atoms with Gasteiger partial charge in [-0.25, -0.2) is 0 Å². The maximum absolute atomic E-state index is 12.9. The van der Waals surface area contributed by atoms with Crippen molar-refractivity contribution in [3.8, 4) is 0 Å². The van der Waals surface area contributed by atoms with Crippen LogP contribution in [0, 0.1) is 13.8 Å². The Balaban J connectivity index is 2.07. The van der Waals surface area contributed by atoms with Crippen LogP contribution in [0.5, 0.6) is 0 Å². The molecule has 1 aliphatic heterocycles. The molecule has 1 aliphatic rings. The molecule has 1 atom stereocenters. The Kier molecular flexibility index (Phi) is 6.16. The van der Waals surface area contributed by atoms with Crippen LogP contribution in [0.3, 0.4) is 0 Å². The van der Waals surface area contributed by atoms with Crippen LogP contribution >= 0.6 is 0 Å². The predicted molar refractivity (Wildman–Crippen MR) is 91.3 cm³/mol. The van der Waals surface area contributed by atoms with Gasteiger partial charge >= 0.3 is 0 Å². The van der Waals surface area contributed by atoms with Crippen LogP contribution < -0.4 is 11.1 Å². The van der Waals surface area contributed by atoms with Gasteiger partial charge in [-0.05, 0) is 44.7 Å². The van der Waals surface area contributed by atoms with Crippen LogP contribution in [0.25, 0.3) is 0 Å². The van der Waals surface area contributed by atoms with E-state index in [1.807, 2.05) is 36.9 Å². The lowest BCUT2D eigenvalue weighted by atomic mass is 9.98. The average Bonchev–Trinajstić information content (AvgIpc) is 2.53. The fourth-order valence-corrected chi connectivity index (χ4v) is 3.14. The molecule has 3 N–H and O–H groups in total. The van der Waals surface area contributed by atoms with E-state index < -0.39 is 0 Å². The Bertz CT molecular complexity index is 571. The number of piperidine rings is 1. The molecule has 1 unspecified atom stereocenters. The SMILES string of the molecule is Cc1ccc(C(=O)N2CCCCC2CNC(=O)CCN)c(C)c1. The van der Waals surface area contributed by atoms with E-state index in [1.54, 1.807) is 0 Å². The largest absolute Gasteiger partial charge is 0.354 e. The number of amides is 2. The van der Waals surface area contributed by atoms with Gasteiger partial charge in [0.05, 0.1) is 0 Å². The molecule has 1 aromatic rings. The van der Waals surface area contributed by atoms with E-state index in [2.05, 4.69) is 5.32 Å². The smallest absolute Gasteiger partial charge is 0.254 e. The molecular weight excluding hydrogens is 290 g/mol. The normalized spacial score (nSPS) is 17.9. The number of rotatable bonds is 5. The summed E-state index contributed by atoms with van der Waals surface area (Å²) in [6.07, 6.45) is 3.37. The third-order valence-corrected chi connectivity index (χ3v) is 4.41. The lowest BCUT2D eigenvalue weighted by molar-refractivity contribution is -0.121. The first-order chi connectivity index (χ1) is 11.0. The first kappa shape index (κ1) is 17.5. The van der Waals surface area contributed by atoms with Crippen LogP contribution in [-0.2, 0) is 4.79 Å². The molecule has 0 spiro atoms. The first-order valence-electron chi connectivity index (χ1n) is 8.38. The molecule has 0 radical (unpaired) electrons. The van der Waals surface area contributed by atoms with Gasteiger partial charge in [-0.3, -0.25) is 9.59 Å². The van der Waals surface area contributed by atoms with Crippen LogP contribution in [0.2, 0.25) is 0 Å². The van der Waals surface area contributed by atoms with Crippen molar-refractivity contribution in [1.29, 1.82) is 0 Å². The summed E-state index contributed by atoms with van der Waals surface area (Å²) >= 11 is 0. The molecule has 1 heterocycles. The van der Waals surface area contributed by atoms with Crippen molar-refractivity contribution in [1.82, 2.24) is 10.2 Å². The zero-order chi connectivity index (χ0) is 16.8. The lowest BCUT2D eigenvalue weighted by Crippen LogP contribution is -2.49. The molecule has 0 bridgehead atoms. The van der Waals surface area contributed by atoms with Gasteiger partial charge < -0.3 is 16.0 Å². The van der Waals surface area contributed by atoms with Crippen LogP contribution in [0.1, 0.15) is 47.2 Å². The lowest BCUT2D eigenvalue weighted by Gasteiger charge is -2.36. The van der Waals surface area contributed by atoms with Crippen molar-refractivity contribution in [2.24, 2.45) is 5.73 Å². The average molecular weight is 317 g/mol. The van der Waals surface area contributed by atoms with Crippen molar-refractivity contribution in [2.75, 3.05) is 19.6 Å². The molecule has 1 aromatic carbocycles. The summed E-state index contributed by atoms with van der Waals surface area (Å²) in [6.45, 7) is 5.61. The monoisotopic (exact) mass is 317 g/mol. The van der Waals surface area contributed by atoms with Gasteiger partial charge in [0.1, 0.15) is 0 Å². The summed E-state index contributed by atoms with van der Waals surface area (Å²) in [5.41, 5.74) is 8.31. The van der Waals surface area contributed by atoms with Gasteiger partial charge in [0.25, 0.3) is 5.91 Å². The second-order valence-corrected chi connectivity index (χ2v) is 6.31. The maximum Gasteiger partial charge on any atom is 0.254 e. The molecule has 5 heteroatoms. The van der Waals surface area contributed by atoms with Crippen molar-refractivity contribution >= 4 is 11.8 Å². The van der Waals surface area contributed by atoms with Crippen LogP contribution in [0.15, 0.2) is 18.2 Å². The first-order valence-corrected chi connectivity index (χ1v) is 8.38. The van der Waals surface area contributed by atoms with Gasteiger partial charge in [0.2, 0.25) is 5.91 Å². The molecule has 126 valence electrons. The fourth-order valence-electron chi connectivity index (χ4n) is 3.14. The third kappa shape index (κ3) is 4.55. The standard InChI is InChI=1S/C18H27N3O2/c1-13-6-7-16(14(2)11-13)18(23)21-10-4-3-5-15(21)12-20-17(22)8-9-19/h6-7,11,15H,3-5,8-10,12,19H2,1-2H3,(H,20,22). The summed E-state index contributed by atoms with van der Waals surface area (Å²) in [6, 6.07) is 5.99. The fraction of sp³-hybridized carbons (Fsp3) is 0.556. The summed E-state index contributed by atoms with van der Waals surface area (Å²) in [7, 11) is 0. The van der Waals surface area contributed by atoms with Gasteiger partial charge in [0.15, 0.2) is 0 Å². The predicted octanol–water partition coefficient (Wildman–Crippen LogP) is 1.76. The van der Waals surface area contributed by atoms with E-state index in [0.29, 0.717) is 19.5 Å². The minimum Gasteiger partial charge on any atom is -0.354 e. The molecule has 0 aliphatic carbocycles.